The minimum absolute atomic E-state index is 0.459. The molecule has 4 rings (SSSR count). The summed E-state index contributed by atoms with van der Waals surface area (Å²) in [7, 11) is 1.72. The molecule has 24 heavy (non-hydrogen) atoms. The SMILES string of the molecule is COc1ccc(C(NCCc2c[nH]c3ccccc23)C2CC2)cc1. The number of aromatic nitrogens is 1. The normalized spacial score (nSPS) is 15.5. The van der Waals surface area contributed by atoms with Crippen LogP contribution in [0.3, 0.4) is 0 Å². The summed E-state index contributed by atoms with van der Waals surface area (Å²) < 4.78 is 5.27. The van der Waals surface area contributed by atoms with Gasteiger partial charge in [-0.1, -0.05) is 30.3 Å². The topological polar surface area (TPSA) is 37.0 Å². The molecule has 1 atom stereocenters. The van der Waals surface area contributed by atoms with Crippen molar-refractivity contribution in [2.75, 3.05) is 13.7 Å². The van der Waals surface area contributed by atoms with Gasteiger partial charge in [-0.3, -0.25) is 0 Å². The standard InChI is InChI=1S/C21H24N2O/c1-24-18-10-8-16(9-11-18)21(15-6-7-15)22-13-12-17-14-23-20-5-3-2-4-19(17)20/h2-5,8-11,14-15,21-23H,6-7,12-13H2,1H3. The van der Waals surface area contributed by atoms with Crippen molar-refractivity contribution in [3.8, 4) is 5.75 Å². The van der Waals surface area contributed by atoms with Crippen molar-refractivity contribution in [2.45, 2.75) is 25.3 Å². The molecule has 0 bridgehead atoms. The Morgan fingerprint density at radius 1 is 1.12 bits per heavy atom. The Bertz CT molecular complexity index is 802. The van der Waals surface area contributed by atoms with Crippen molar-refractivity contribution < 1.29 is 4.74 Å². The van der Waals surface area contributed by atoms with Crippen molar-refractivity contribution >= 4 is 10.9 Å². The number of methoxy groups -OCH3 is 1. The molecule has 0 saturated heterocycles. The first-order valence-corrected chi connectivity index (χ1v) is 8.77. The molecule has 0 spiro atoms. The van der Waals surface area contributed by atoms with E-state index >= 15 is 0 Å². The van der Waals surface area contributed by atoms with Crippen LogP contribution in [0.25, 0.3) is 10.9 Å². The van der Waals surface area contributed by atoms with Crippen LogP contribution in [0.1, 0.15) is 30.0 Å². The van der Waals surface area contributed by atoms with E-state index in [0.717, 1.165) is 24.6 Å². The Morgan fingerprint density at radius 2 is 1.92 bits per heavy atom. The molecule has 3 aromatic rings. The summed E-state index contributed by atoms with van der Waals surface area (Å²) >= 11 is 0. The van der Waals surface area contributed by atoms with Crippen molar-refractivity contribution in [3.05, 3.63) is 65.9 Å². The molecular formula is C21H24N2O. The molecule has 1 fully saturated rings. The number of para-hydroxylation sites is 1. The van der Waals surface area contributed by atoms with Crippen LogP contribution >= 0.6 is 0 Å². The van der Waals surface area contributed by atoms with E-state index in [2.05, 4.69) is 65.0 Å². The summed E-state index contributed by atoms with van der Waals surface area (Å²) in [4.78, 5) is 3.36. The third-order valence-corrected chi connectivity index (χ3v) is 5.00. The van der Waals surface area contributed by atoms with Gasteiger partial charge in [0.2, 0.25) is 0 Å². The van der Waals surface area contributed by atoms with E-state index < -0.39 is 0 Å². The fourth-order valence-electron chi connectivity index (χ4n) is 3.50. The lowest BCUT2D eigenvalue weighted by molar-refractivity contribution is 0.414. The van der Waals surface area contributed by atoms with E-state index in [1.54, 1.807) is 7.11 Å². The molecule has 1 saturated carbocycles. The molecule has 0 amide bonds. The molecule has 0 aliphatic heterocycles. The van der Waals surface area contributed by atoms with Crippen LogP contribution in [0.4, 0.5) is 0 Å². The highest BCUT2D eigenvalue weighted by atomic mass is 16.5. The van der Waals surface area contributed by atoms with Crippen LogP contribution in [-0.2, 0) is 6.42 Å². The Labute approximate surface area is 143 Å². The number of hydrogen-bond donors (Lipinski definition) is 2. The lowest BCUT2D eigenvalue weighted by atomic mass is 10.0. The minimum atomic E-state index is 0.459. The fourth-order valence-corrected chi connectivity index (χ4v) is 3.50. The monoisotopic (exact) mass is 320 g/mol. The lowest BCUT2D eigenvalue weighted by Gasteiger charge is -2.19. The zero-order valence-corrected chi connectivity index (χ0v) is 14.1. The molecule has 0 radical (unpaired) electrons. The van der Waals surface area contributed by atoms with Gasteiger partial charge in [0, 0.05) is 23.1 Å². The van der Waals surface area contributed by atoms with Gasteiger partial charge >= 0.3 is 0 Å². The van der Waals surface area contributed by atoms with E-state index in [4.69, 9.17) is 4.74 Å². The first kappa shape index (κ1) is 15.3. The highest BCUT2D eigenvalue weighted by Crippen LogP contribution is 2.41. The second-order valence-electron chi connectivity index (χ2n) is 6.65. The number of fused-ring (bicyclic) bond motifs is 1. The number of nitrogens with one attached hydrogen (secondary N) is 2. The van der Waals surface area contributed by atoms with E-state index in [1.807, 2.05) is 0 Å². The molecular weight excluding hydrogens is 296 g/mol. The summed E-state index contributed by atoms with van der Waals surface area (Å²) in [6.07, 6.45) is 5.85. The van der Waals surface area contributed by atoms with Crippen LogP contribution in [0.5, 0.6) is 5.75 Å². The second-order valence-corrected chi connectivity index (χ2v) is 6.65. The molecule has 1 aromatic heterocycles. The number of H-pyrrole nitrogens is 1. The van der Waals surface area contributed by atoms with Gasteiger partial charge in [-0.25, -0.2) is 0 Å². The van der Waals surface area contributed by atoms with Crippen molar-refractivity contribution in [3.63, 3.8) is 0 Å². The molecule has 2 aromatic carbocycles. The van der Waals surface area contributed by atoms with Gasteiger partial charge in [-0.2, -0.15) is 0 Å². The van der Waals surface area contributed by atoms with Gasteiger partial charge in [0.1, 0.15) is 5.75 Å². The first-order chi connectivity index (χ1) is 11.8. The van der Waals surface area contributed by atoms with Gasteiger partial charge in [0.05, 0.1) is 7.11 Å². The number of aromatic amines is 1. The van der Waals surface area contributed by atoms with Crippen molar-refractivity contribution in [1.29, 1.82) is 0 Å². The number of benzene rings is 2. The smallest absolute Gasteiger partial charge is 0.118 e. The number of rotatable bonds is 7. The molecule has 3 nitrogen and oxygen atoms in total. The van der Waals surface area contributed by atoms with Crippen LogP contribution < -0.4 is 10.1 Å². The summed E-state index contributed by atoms with van der Waals surface area (Å²) in [6.45, 7) is 0.995. The largest absolute Gasteiger partial charge is 0.497 e. The maximum absolute atomic E-state index is 5.27. The third-order valence-electron chi connectivity index (χ3n) is 5.00. The summed E-state index contributed by atoms with van der Waals surface area (Å²) in [6, 6.07) is 17.5. The second kappa shape index (κ2) is 6.70. The van der Waals surface area contributed by atoms with Gasteiger partial charge in [-0.05, 0) is 61.1 Å². The molecule has 3 heteroatoms. The maximum atomic E-state index is 5.27. The number of ether oxygens (including phenoxy) is 1. The Balaban J connectivity index is 1.42. The van der Waals surface area contributed by atoms with Crippen molar-refractivity contribution in [1.82, 2.24) is 10.3 Å². The molecule has 1 heterocycles. The van der Waals surface area contributed by atoms with Gasteiger partial charge in [0.15, 0.2) is 0 Å². The molecule has 1 unspecified atom stereocenters. The summed E-state index contributed by atoms with van der Waals surface area (Å²) in [5.41, 5.74) is 3.99. The van der Waals surface area contributed by atoms with Crippen LogP contribution in [0, 0.1) is 5.92 Å². The summed E-state index contributed by atoms with van der Waals surface area (Å²) in [5, 5.41) is 5.12. The highest BCUT2D eigenvalue weighted by molar-refractivity contribution is 5.83. The molecule has 1 aliphatic carbocycles. The van der Waals surface area contributed by atoms with Gasteiger partial charge in [0.25, 0.3) is 0 Å². The molecule has 2 N–H and O–H groups in total. The average molecular weight is 320 g/mol. The minimum Gasteiger partial charge on any atom is -0.497 e. The van der Waals surface area contributed by atoms with E-state index in [9.17, 15) is 0 Å². The lowest BCUT2D eigenvalue weighted by Crippen LogP contribution is -2.25. The van der Waals surface area contributed by atoms with Crippen LogP contribution in [0.2, 0.25) is 0 Å². The predicted octanol–water partition coefficient (Wildman–Crippen LogP) is 4.46. The Morgan fingerprint density at radius 3 is 2.67 bits per heavy atom. The number of hydrogen-bond acceptors (Lipinski definition) is 2. The average Bonchev–Trinajstić information content (AvgIpc) is 3.39. The van der Waals surface area contributed by atoms with Gasteiger partial charge in [-0.15, -0.1) is 0 Å². The van der Waals surface area contributed by atoms with Crippen molar-refractivity contribution in [2.24, 2.45) is 5.92 Å². The maximum Gasteiger partial charge on any atom is 0.118 e. The Kier molecular flexibility index (Phi) is 4.26. The zero-order valence-electron chi connectivity index (χ0n) is 14.1. The molecule has 124 valence electrons. The molecule has 1 aliphatic rings. The van der Waals surface area contributed by atoms with E-state index in [-0.39, 0.29) is 0 Å². The zero-order chi connectivity index (χ0) is 16.4. The fraction of sp³-hybridized carbons (Fsp3) is 0.333. The predicted molar refractivity (Wildman–Crippen MR) is 98.5 cm³/mol. The first-order valence-electron chi connectivity index (χ1n) is 8.77. The third kappa shape index (κ3) is 3.17. The Hall–Kier alpha value is -2.26. The van der Waals surface area contributed by atoms with Gasteiger partial charge < -0.3 is 15.0 Å². The highest BCUT2D eigenvalue weighted by Gasteiger charge is 2.31. The van der Waals surface area contributed by atoms with E-state index in [1.165, 1.54) is 34.9 Å². The van der Waals surface area contributed by atoms with Crippen LogP contribution in [0.15, 0.2) is 54.7 Å². The van der Waals surface area contributed by atoms with E-state index in [0.29, 0.717) is 6.04 Å². The summed E-state index contributed by atoms with van der Waals surface area (Å²) in [5.74, 6) is 1.70. The van der Waals surface area contributed by atoms with Crippen LogP contribution in [-0.4, -0.2) is 18.6 Å². The quantitative estimate of drug-likeness (QED) is 0.674.